The van der Waals surface area contributed by atoms with Gasteiger partial charge in [0.15, 0.2) is 6.10 Å². The number of unbranched alkanes of at least 4 members (excludes halogenated alkanes) is 33. The van der Waals surface area contributed by atoms with E-state index in [1.807, 2.05) is 0 Å². The second-order valence-electron chi connectivity index (χ2n) is 22.0. The minimum absolute atomic E-state index is 0.0785. The average molecular weight is 1090 g/mol. The second-order valence-corrected chi connectivity index (χ2v) is 22.0. The molecule has 0 aliphatic rings. The van der Waals surface area contributed by atoms with Crippen LogP contribution in [0.4, 0.5) is 0 Å². The van der Waals surface area contributed by atoms with E-state index in [1.54, 1.807) is 0 Å². The van der Waals surface area contributed by atoms with Gasteiger partial charge in [0.25, 0.3) is 0 Å². The van der Waals surface area contributed by atoms with Gasteiger partial charge in [0.1, 0.15) is 13.2 Å². The van der Waals surface area contributed by atoms with Gasteiger partial charge in [-0.25, -0.2) is 0 Å². The van der Waals surface area contributed by atoms with Crippen molar-refractivity contribution in [3.63, 3.8) is 0 Å². The fourth-order valence-corrected chi connectivity index (χ4v) is 9.36. The first-order chi connectivity index (χ1) is 38.5. The van der Waals surface area contributed by atoms with Gasteiger partial charge in [-0.1, -0.05) is 298 Å². The van der Waals surface area contributed by atoms with Crippen LogP contribution in [0.2, 0.25) is 0 Å². The van der Waals surface area contributed by atoms with Crippen LogP contribution < -0.4 is 0 Å². The van der Waals surface area contributed by atoms with Crippen LogP contribution in [0.3, 0.4) is 0 Å². The van der Waals surface area contributed by atoms with Crippen molar-refractivity contribution in [1.29, 1.82) is 0 Å². The zero-order valence-corrected chi connectivity index (χ0v) is 51.4. The maximum absolute atomic E-state index is 12.9. The van der Waals surface area contributed by atoms with Gasteiger partial charge < -0.3 is 14.2 Å². The Morgan fingerprint density at radius 2 is 0.500 bits per heavy atom. The summed E-state index contributed by atoms with van der Waals surface area (Å²) in [5.41, 5.74) is 0. The first kappa shape index (κ1) is 74.3. The van der Waals surface area contributed by atoms with E-state index in [0.717, 1.165) is 109 Å². The first-order valence-electron chi connectivity index (χ1n) is 33.2. The molecule has 0 saturated carbocycles. The van der Waals surface area contributed by atoms with Gasteiger partial charge in [-0.2, -0.15) is 0 Å². The molecule has 448 valence electrons. The highest BCUT2D eigenvalue weighted by molar-refractivity contribution is 5.71. The molecule has 0 aliphatic heterocycles. The number of hydrogen-bond donors (Lipinski definition) is 0. The summed E-state index contributed by atoms with van der Waals surface area (Å²) >= 11 is 0. The fourth-order valence-electron chi connectivity index (χ4n) is 9.36. The van der Waals surface area contributed by atoms with Crippen LogP contribution in [0.5, 0.6) is 0 Å². The van der Waals surface area contributed by atoms with Crippen molar-refractivity contribution in [2.24, 2.45) is 0 Å². The normalized spacial score (nSPS) is 12.7. The third-order valence-electron chi connectivity index (χ3n) is 14.3. The molecule has 0 aliphatic carbocycles. The quantitative estimate of drug-likeness (QED) is 0.0261. The number of hydrogen-bond acceptors (Lipinski definition) is 6. The average Bonchev–Trinajstić information content (AvgIpc) is 3.44. The summed E-state index contributed by atoms with van der Waals surface area (Å²) in [6.07, 6.45) is 88.4. The van der Waals surface area contributed by atoms with Crippen LogP contribution >= 0.6 is 0 Å². The van der Waals surface area contributed by atoms with E-state index in [9.17, 15) is 14.4 Å². The highest BCUT2D eigenvalue weighted by Gasteiger charge is 2.19. The van der Waals surface area contributed by atoms with Crippen LogP contribution in [0.1, 0.15) is 323 Å². The van der Waals surface area contributed by atoms with Crippen molar-refractivity contribution in [3.05, 3.63) is 97.2 Å². The Labute approximate surface area is 483 Å². The zero-order valence-electron chi connectivity index (χ0n) is 51.4. The van der Waals surface area contributed by atoms with Crippen molar-refractivity contribution in [3.8, 4) is 0 Å². The number of ether oxygens (including phenoxy) is 3. The lowest BCUT2D eigenvalue weighted by atomic mass is 10.0. The van der Waals surface area contributed by atoms with Gasteiger partial charge in [-0.05, 0) is 103 Å². The maximum atomic E-state index is 12.9. The molecule has 0 bridgehead atoms. The number of esters is 3. The summed E-state index contributed by atoms with van der Waals surface area (Å²) in [6, 6.07) is 0. The van der Waals surface area contributed by atoms with Gasteiger partial charge in [-0.15, -0.1) is 0 Å². The third kappa shape index (κ3) is 63.2. The lowest BCUT2D eigenvalue weighted by Gasteiger charge is -2.18. The minimum atomic E-state index is -0.783. The van der Waals surface area contributed by atoms with Crippen molar-refractivity contribution >= 4 is 17.9 Å². The summed E-state index contributed by atoms with van der Waals surface area (Å²) in [5.74, 6) is -0.880. The summed E-state index contributed by atoms with van der Waals surface area (Å²) in [7, 11) is 0. The Bertz CT molecular complexity index is 1530. The van der Waals surface area contributed by atoms with E-state index in [2.05, 4.69) is 118 Å². The molecular weight excluding hydrogens is 961 g/mol. The van der Waals surface area contributed by atoms with Crippen molar-refractivity contribution in [2.75, 3.05) is 13.2 Å². The number of carbonyl (C=O) groups is 3. The van der Waals surface area contributed by atoms with Crippen LogP contribution in [0.25, 0.3) is 0 Å². The Morgan fingerprint density at radius 3 is 0.795 bits per heavy atom. The maximum Gasteiger partial charge on any atom is 0.306 e. The molecule has 0 spiro atoms. The van der Waals surface area contributed by atoms with Crippen molar-refractivity contribution < 1.29 is 28.6 Å². The number of carbonyl (C=O) groups excluding carboxylic acids is 3. The number of rotatable bonds is 60. The Kier molecular flexibility index (Phi) is 62.7. The van der Waals surface area contributed by atoms with Crippen LogP contribution in [-0.2, 0) is 28.6 Å². The predicted octanol–water partition coefficient (Wildman–Crippen LogP) is 22.8. The standard InChI is InChI=1S/C72H124O6/c1-4-7-10-13-16-19-22-25-27-29-31-32-33-34-35-36-37-38-39-40-42-43-45-47-50-53-56-59-62-65-71(74)77-68-69(67-76-70(73)64-61-58-55-52-49-24-21-18-15-12-9-6-3)78-72(75)66-63-60-57-54-51-48-46-44-41-30-28-26-23-20-17-14-11-8-5-2/h7,10,16,19,25-28,31-32,34-35,37-38,40,42,69H,4-6,8-9,11-15,17-18,20-24,29-30,33,36,39,41,43-68H2,1-3H3/b10-7-,19-16-,27-25-,28-26-,32-31-,35-34-,38-37-,42-40-. The summed E-state index contributed by atoms with van der Waals surface area (Å²) in [5, 5.41) is 0. The monoisotopic (exact) mass is 1080 g/mol. The molecule has 1 unspecified atom stereocenters. The molecule has 0 aromatic carbocycles. The van der Waals surface area contributed by atoms with Crippen LogP contribution in [0, 0.1) is 0 Å². The summed E-state index contributed by atoms with van der Waals surface area (Å²) in [4.78, 5) is 38.3. The number of allylic oxidation sites excluding steroid dienone is 16. The van der Waals surface area contributed by atoms with E-state index in [0.29, 0.717) is 19.3 Å². The molecular formula is C72H124O6. The Hall–Kier alpha value is -3.67. The molecule has 0 fully saturated rings. The van der Waals surface area contributed by atoms with Crippen LogP contribution in [0.15, 0.2) is 97.2 Å². The SMILES string of the molecule is CC/C=C\C/C=C\C/C=C\C/C=C\C/C=C\C/C=C\C/C=C\CCCCCCCCCC(=O)OCC(COC(=O)CCCCCCCCCCCCCC)OC(=O)CCCCCCCCCCC/C=C\CCCCCCCC. The van der Waals surface area contributed by atoms with Gasteiger partial charge >= 0.3 is 17.9 Å². The highest BCUT2D eigenvalue weighted by Crippen LogP contribution is 2.16. The van der Waals surface area contributed by atoms with Gasteiger partial charge in [-0.3, -0.25) is 14.4 Å². The second kappa shape index (κ2) is 65.8. The molecule has 0 aromatic heterocycles. The molecule has 0 aromatic rings. The first-order valence-corrected chi connectivity index (χ1v) is 33.2. The molecule has 0 amide bonds. The van der Waals surface area contributed by atoms with Crippen molar-refractivity contribution in [2.45, 2.75) is 329 Å². The van der Waals surface area contributed by atoms with E-state index in [1.165, 1.54) is 173 Å². The zero-order chi connectivity index (χ0) is 56.4. The third-order valence-corrected chi connectivity index (χ3v) is 14.3. The minimum Gasteiger partial charge on any atom is -0.462 e. The van der Waals surface area contributed by atoms with E-state index in [-0.39, 0.29) is 31.1 Å². The summed E-state index contributed by atoms with van der Waals surface area (Å²) < 4.78 is 16.9. The largest absolute Gasteiger partial charge is 0.462 e. The smallest absolute Gasteiger partial charge is 0.306 e. The van der Waals surface area contributed by atoms with Crippen molar-refractivity contribution in [1.82, 2.24) is 0 Å². The molecule has 1 atom stereocenters. The Morgan fingerprint density at radius 1 is 0.269 bits per heavy atom. The fraction of sp³-hybridized carbons (Fsp3) is 0.736. The van der Waals surface area contributed by atoms with E-state index < -0.39 is 6.10 Å². The van der Waals surface area contributed by atoms with Gasteiger partial charge in [0.05, 0.1) is 0 Å². The molecule has 0 rings (SSSR count). The van der Waals surface area contributed by atoms with Gasteiger partial charge in [0, 0.05) is 19.3 Å². The molecule has 6 heteroatoms. The van der Waals surface area contributed by atoms with E-state index >= 15 is 0 Å². The lowest BCUT2D eigenvalue weighted by molar-refractivity contribution is -0.167. The topological polar surface area (TPSA) is 78.9 Å². The Balaban J connectivity index is 4.30. The lowest BCUT2D eigenvalue weighted by Crippen LogP contribution is -2.30. The molecule has 0 radical (unpaired) electrons. The van der Waals surface area contributed by atoms with Crippen LogP contribution in [-0.4, -0.2) is 37.2 Å². The molecule has 6 nitrogen and oxygen atoms in total. The van der Waals surface area contributed by atoms with Gasteiger partial charge in [0.2, 0.25) is 0 Å². The summed E-state index contributed by atoms with van der Waals surface area (Å²) in [6.45, 7) is 6.54. The molecule has 0 heterocycles. The predicted molar refractivity (Wildman–Crippen MR) is 339 cm³/mol. The molecule has 0 N–H and O–H groups in total. The van der Waals surface area contributed by atoms with E-state index in [4.69, 9.17) is 14.2 Å². The molecule has 0 saturated heterocycles. The highest BCUT2D eigenvalue weighted by atomic mass is 16.6. The molecule has 78 heavy (non-hydrogen) atoms.